The van der Waals surface area contributed by atoms with Crippen LogP contribution in [0, 0.1) is 11.8 Å². The van der Waals surface area contributed by atoms with E-state index in [1.54, 1.807) is 0 Å². The summed E-state index contributed by atoms with van der Waals surface area (Å²) in [4.78, 5) is 71.2. The summed E-state index contributed by atoms with van der Waals surface area (Å²) in [5, 5.41) is 5.42. The Morgan fingerprint density at radius 2 is 1.17 bits per heavy atom. The van der Waals surface area contributed by atoms with Gasteiger partial charge in [0.2, 0.25) is 11.8 Å². The summed E-state index contributed by atoms with van der Waals surface area (Å²) in [5.74, 6) is 2.03. The lowest BCUT2D eigenvalue weighted by Crippen LogP contribution is -2.51. The van der Waals surface area contributed by atoms with Crippen LogP contribution < -0.4 is 10.6 Å². The number of amides is 4. The molecule has 6 rings (SSSR count). The van der Waals surface area contributed by atoms with Gasteiger partial charge >= 0.3 is 12.2 Å². The second-order valence-corrected chi connectivity index (χ2v) is 15.7. The second kappa shape index (κ2) is 17.1. The van der Waals surface area contributed by atoms with Crippen LogP contribution in [0.25, 0.3) is 11.3 Å². The smallest absolute Gasteiger partial charge is 0.407 e. The highest BCUT2D eigenvalue weighted by atomic mass is 16.5. The molecule has 4 N–H and O–H groups in total. The number of nitrogens with zero attached hydrogens (tertiary/aromatic N) is 4. The number of carbonyl (C=O) groups excluding carboxylic acids is 4. The number of rotatable bonds is 11. The van der Waals surface area contributed by atoms with E-state index in [-0.39, 0.29) is 35.7 Å². The van der Waals surface area contributed by atoms with Gasteiger partial charge in [0, 0.05) is 30.9 Å². The first kappa shape index (κ1) is 38.8. The molecule has 2 aliphatic heterocycles. The van der Waals surface area contributed by atoms with Crippen molar-refractivity contribution in [2.75, 3.05) is 27.3 Å². The molecule has 3 fully saturated rings. The molecule has 54 heavy (non-hydrogen) atoms. The quantitative estimate of drug-likeness (QED) is 0.176. The monoisotopic (exact) mass is 744 g/mol. The standard InChI is InChI=1S/C40H56N8O6/c1-23(2)33(45-39(51)53-5)37(49)47-19-7-9-31(47)35-41-21-29(43-35)27-15-11-25(12-16-27)26-13-17-28(18-14-26)30-22-42-36(44-30)32-10-8-20-48(32)38(50)34(24(3)4)46-40(52)54-6/h11-12,15-16,21-24,26,28,31-34H,7-10,13-14,17-20H2,1-6H3,(H,41,43)(H,42,44)(H,45,51)(H,46,52)/t26-,28+,31-,32-,33-,34-/m0/s1. The van der Waals surface area contributed by atoms with Gasteiger partial charge in [-0.1, -0.05) is 52.0 Å². The Bertz CT molecular complexity index is 1760. The fourth-order valence-electron chi connectivity index (χ4n) is 8.44. The van der Waals surface area contributed by atoms with E-state index >= 15 is 0 Å². The number of benzene rings is 1. The number of imidazole rings is 2. The van der Waals surface area contributed by atoms with Gasteiger partial charge in [-0.3, -0.25) is 9.59 Å². The number of carbonyl (C=O) groups is 4. The Balaban J connectivity index is 1.04. The minimum absolute atomic E-state index is 0.0794. The number of hydrogen-bond acceptors (Lipinski definition) is 8. The van der Waals surface area contributed by atoms with Gasteiger partial charge < -0.3 is 39.9 Å². The lowest BCUT2D eigenvalue weighted by molar-refractivity contribution is -0.136. The molecule has 1 aromatic carbocycles. The van der Waals surface area contributed by atoms with Crippen molar-refractivity contribution in [3.63, 3.8) is 0 Å². The van der Waals surface area contributed by atoms with Gasteiger partial charge in [0.1, 0.15) is 23.7 Å². The number of methoxy groups -OCH3 is 2. The molecule has 4 atom stereocenters. The number of aromatic nitrogens is 4. The third kappa shape index (κ3) is 8.42. The van der Waals surface area contributed by atoms with E-state index in [9.17, 15) is 19.2 Å². The van der Waals surface area contributed by atoms with E-state index in [0.29, 0.717) is 24.9 Å². The molecule has 0 unspecified atom stereocenters. The maximum atomic E-state index is 13.5. The van der Waals surface area contributed by atoms with Crippen LogP contribution in [-0.2, 0) is 19.1 Å². The molecule has 14 nitrogen and oxygen atoms in total. The molecule has 3 aliphatic rings. The molecule has 3 aromatic rings. The summed E-state index contributed by atoms with van der Waals surface area (Å²) in [7, 11) is 2.60. The van der Waals surface area contributed by atoms with Crippen molar-refractivity contribution in [2.24, 2.45) is 11.8 Å². The van der Waals surface area contributed by atoms with E-state index in [2.05, 4.69) is 44.9 Å². The molecular weight excluding hydrogens is 688 g/mol. The van der Waals surface area contributed by atoms with Gasteiger partial charge in [0.05, 0.1) is 38.2 Å². The number of hydrogen-bond donors (Lipinski definition) is 4. The van der Waals surface area contributed by atoms with Gasteiger partial charge in [0.25, 0.3) is 0 Å². The van der Waals surface area contributed by atoms with Crippen molar-refractivity contribution in [3.05, 3.63) is 59.6 Å². The van der Waals surface area contributed by atoms with Crippen molar-refractivity contribution in [2.45, 2.75) is 115 Å². The zero-order valence-electron chi connectivity index (χ0n) is 32.4. The van der Waals surface area contributed by atoms with Gasteiger partial charge in [-0.2, -0.15) is 0 Å². The summed E-state index contributed by atoms with van der Waals surface area (Å²) in [6, 6.07) is 7.08. The fourth-order valence-corrected chi connectivity index (χ4v) is 8.44. The fraction of sp³-hybridized carbons (Fsp3) is 0.600. The highest BCUT2D eigenvalue weighted by Crippen LogP contribution is 2.41. The Morgan fingerprint density at radius 3 is 1.67 bits per heavy atom. The number of ether oxygens (including phenoxy) is 2. The molecule has 14 heteroatoms. The predicted octanol–water partition coefficient (Wildman–Crippen LogP) is 6.33. The molecule has 1 aliphatic carbocycles. The first-order chi connectivity index (χ1) is 26.0. The first-order valence-corrected chi connectivity index (χ1v) is 19.5. The van der Waals surface area contributed by atoms with Gasteiger partial charge in [0.15, 0.2) is 0 Å². The Labute approximate surface area is 317 Å². The molecular formula is C40H56N8O6. The SMILES string of the molecule is COC(=O)N[C@H](C(=O)N1CCC[C@H]1c1ncc(-c2ccc([C@H]3CC[C@@H](c4cnc([C@@H]5CCCN5C(=O)[C@@H](NC(=O)OC)C(C)C)[nH]4)CC3)cc2)[nH]1)C(C)C. The number of nitrogens with one attached hydrogen (secondary N) is 4. The average molecular weight is 745 g/mol. The highest BCUT2D eigenvalue weighted by Gasteiger charge is 2.39. The molecule has 4 amide bonds. The van der Waals surface area contributed by atoms with E-state index < -0.39 is 24.3 Å². The molecule has 1 saturated carbocycles. The Hall–Kier alpha value is -4.88. The zero-order valence-corrected chi connectivity index (χ0v) is 32.4. The Morgan fingerprint density at radius 1 is 0.685 bits per heavy atom. The van der Waals surface area contributed by atoms with Crippen LogP contribution in [0.5, 0.6) is 0 Å². The summed E-state index contributed by atoms with van der Waals surface area (Å²) in [5.41, 5.74) is 4.40. The van der Waals surface area contributed by atoms with Crippen LogP contribution >= 0.6 is 0 Å². The Kier molecular flexibility index (Phi) is 12.3. The van der Waals surface area contributed by atoms with Crippen LogP contribution in [0.2, 0.25) is 0 Å². The summed E-state index contributed by atoms with van der Waals surface area (Å²) < 4.78 is 9.53. The normalized spacial score (nSPS) is 22.7. The second-order valence-electron chi connectivity index (χ2n) is 15.7. The van der Waals surface area contributed by atoms with E-state index in [0.717, 1.165) is 80.0 Å². The van der Waals surface area contributed by atoms with Gasteiger partial charge in [-0.05, 0) is 80.2 Å². The number of alkyl carbamates (subject to hydrolysis) is 2. The van der Waals surface area contributed by atoms with E-state index in [1.807, 2.05) is 49.9 Å². The maximum absolute atomic E-state index is 13.5. The summed E-state index contributed by atoms with van der Waals surface area (Å²) >= 11 is 0. The van der Waals surface area contributed by atoms with E-state index in [4.69, 9.17) is 19.4 Å². The molecule has 0 radical (unpaired) electrons. The molecule has 0 bridgehead atoms. The van der Waals surface area contributed by atoms with Crippen molar-refractivity contribution in [1.82, 2.24) is 40.4 Å². The van der Waals surface area contributed by atoms with Crippen molar-refractivity contribution in [3.8, 4) is 11.3 Å². The van der Waals surface area contributed by atoms with Crippen molar-refractivity contribution in [1.29, 1.82) is 0 Å². The van der Waals surface area contributed by atoms with Crippen molar-refractivity contribution >= 4 is 24.0 Å². The number of aromatic amines is 2. The third-order valence-corrected chi connectivity index (χ3v) is 11.6. The van der Waals surface area contributed by atoms with E-state index in [1.165, 1.54) is 19.8 Å². The van der Waals surface area contributed by atoms with Gasteiger partial charge in [-0.25, -0.2) is 19.6 Å². The van der Waals surface area contributed by atoms with Crippen LogP contribution in [0.4, 0.5) is 9.59 Å². The largest absolute Gasteiger partial charge is 0.453 e. The zero-order chi connectivity index (χ0) is 38.5. The molecule has 2 saturated heterocycles. The average Bonchev–Trinajstić information content (AvgIpc) is 4.02. The minimum Gasteiger partial charge on any atom is -0.453 e. The highest BCUT2D eigenvalue weighted by molar-refractivity contribution is 5.87. The third-order valence-electron chi connectivity index (χ3n) is 11.6. The van der Waals surface area contributed by atoms with Crippen LogP contribution in [0.15, 0.2) is 36.7 Å². The molecule has 292 valence electrons. The topological polar surface area (TPSA) is 175 Å². The lowest BCUT2D eigenvalue weighted by Gasteiger charge is -2.30. The number of H-pyrrole nitrogens is 2. The summed E-state index contributed by atoms with van der Waals surface area (Å²) in [6.45, 7) is 8.90. The van der Waals surface area contributed by atoms with Crippen molar-refractivity contribution < 1.29 is 28.7 Å². The molecule has 0 spiro atoms. The molecule has 4 heterocycles. The lowest BCUT2D eigenvalue weighted by atomic mass is 9.77. The predicted molar refractivity (Wildman–Crippen MR) is 202 cm³/mol. The van der Waals surface area contributed by atoms with Gasteiger partial charge in [-0.15, -0.1) is 0 Å². The van der Waals surface area contributed by atoms with Crippen LogP contribution in [0.3, 0.4) is 0 Å². The molecule has 2 aromatic heterocycles. The van der Waals surface area contributed by atoms with Crippen LogP contribution in [-0.4, -0.2) is 93.1 Å². The first-order valence-electron chi connectivity index (χ1n) is 19.5. The minimum atomic E-state index is -0.672. The van der Waals surface area contributed by atoms with Crippen LogP contribution in [0.1, 0.15) is 126 Å². The number of likely N-dealkylation sites (tertiary alicyclic amines) is 2. The maximum Gasteiger partial charge on any atom is 0.407 e. The summed E-state index contributed by atoms with van der Waals surface area (Å²) in [6.07, 6.45) is 10.2.